The van der Waals surface area contributed by atoms with Gasteiger partial charge in [-0.15, -0.1) is 0 Å². The number of ether oxygens (including phenoxy) is 1. The van der Waals surface area contributed by atoms with Gasteiger partial charge in [-0.2, -0.15) is 0 Å². The highest BCUT2D eigenvalue weighted by Crippen LogP contribution is 2.37. The minimum atomic E-state index is -0.285. The second-order valence-corrected chi connectivity index (χ2v) is 9.64. The predicted octanol–water partition coefficient (Wildman–Crippen LogP) is 5.84. The summed E-state index contributed by atoms with van der Waals surface area (Å²) in [4.78, 5) is 42.7. The molecule has 0 bridgehead atoms. The molecule has 6 nitrogen and oxygen atoms in total. The Bertz CT molecular complexity index is 1260. The highest BCUT2D eigenvalue weighted by atomic mass is 16.5. The average Bonchev–Trinajstić information content (AvgIpc) is 2.92. The van der Waals surface area contributed by atoms with Gasteiger partial charge >= 0.3 is 5.97 Å². The van der Waals surface area contributed by atoms with Crippen LogP contribution < -0.4 is 4.90 Å². The van der Waals surface area contributed by atoms with Gasteiger partial charge < -0.3 is 9.64 Å². The summed E-state index contributed by atoms with van der Waals surface area (Å²) in [6.07, 6.45) is 5.39. The van der Waals surface area contributed by atoms with Crippen LogP contribution in [-0.4, -0.2) is 48.4 Å². The van der Waals surface area contributed by atoms with Gasteiger partial charge in [-0.3, -0.25) is 14.5 Å². The molecule has 3 aromatic carbocycles. The number of carbonyl (C=O) groups is 3. The highest BCUT2D eigenvalue weighted by Gasteiger charge is 2.34. The summed E-state index contributed by atoms with van der Waals surface area (Å²) in [5, 5.41) is 1.68. The van der Waals surface area contributed by atoms with Crippen LogP contribution in [0.15, 0.2) is 60.7 Å². The maximum absolute atomic E-state index is 13.3. The molecule has 2 aliphatic heterocycles. The van der Waals surface area contributed by atoms with Crippen molar-refractivity contribution >= 4 is 34.2 Å². The Morgan fingerprint density at radius 1 is 0.861 bits per heavy atom. The van der Waals surface area contributed by atoms with Gasteiger partial charge in [0.2, 0.25) is 0 Å². The molecule has 3 aromatic rings. The molecule has 6 heteroatoms. The van der Waals surface area contributed by atoms with Crippen LogP contribution in [0.5, 0.6) is 0 Å². The standard InChI is InChI=1S/C30H32N2O4/c1-2-3-4-8-18-32-28(33)24-13-9-12-23-26(15-14-25(27(23)24)29(32)34)31-19-16-22(17-20-31)36-30(35)21-10-6-5-7-11-21/h5-7,9-15,22H,2-4,8,16-20H2,1H3. The van der Waals surface area contributed by atoms with E-state index in [4.69, 9.17) is 4.74 Å². The molecule has 0 atom stereocenters. The molecular weight excluding hydrogens is 452 g/mol. The fourth-order valence-corrected chi connectivity index (χ4v) is 5.31. The van der Waals surface area contributed by atoms with Crippen molar-refractivity contribution in [2.75, 3.05) is 24.5 Å². The number of imide groups is 1. The van der Waals surface area contributed by atoms with Crippen LogP contribution in [0.1, 0.15) is 76.5 Å². The number of benzene rings is 3. The molecular formula is C30H32N2O4. The number of anilines is 1. The second-order valence-electron chi connectivity index (χ2n) is 9.64. The SMILES string of the molecule is CCCCCCN1C(=O)c2cccc3c(N4CCC(OC(=O)c5ccccc5)CC4)ccc(c23)C1=O. The molecule has 186 valence electrons. The summed E-state index contributed by atoms with van der Waals surface area (Å²) >= 11 is 0. The van der Waals surface area contributed by atoms with Crippen molar-refractivity contribution in [3.63, 3.8) is 0 Å². The van der Waals surface area contributed by atoms with E-state index >= 15 is 0 Å². The third kappa shape index (κ3) is 4.60. The summed E-state index contributed by atoms with van der Waals surface area (Å²) in [6.45, 7) is 4.07. The molecule has 1 saturated heterocycles. The van der Waals surface area contributed by atoms with Crippen LogP contribution in [0.25, 0.3) is 10.8 Å². The van der Waals surface area contributed by atoms with Crippen molar-refractivity contribution < 1.29 is 19.1 Å². The Hall–Kier alpha value is -3.67. The quantitative estimate of drug-likeness (QED) is 0.228. The maximum Gasteiger partial charge on any atom is 0.338 e. The monoisotopic (exact) mass is 484 g/mol. The molecule has 2 aliphatic rings. The van der Waals surface area contributed by atoms with E-state index in [1.54, 1.807) is 12.1 Å². The van der Waals surface area contributed by atoms with Gasteiger partial charge in [-0.1, -0.05) is 56.5 Å². The number of rotatable bonds is 8. The Morgan fingerprint density at radius 2 is 1.58 bits per heavy atom. The number of nitrogens with zero attached hydrogens (tertiary/aromatic N) is 2. The van der Waals surface area contributed by atoms with E-state index in [9.17, 15) is 14.4 Å². The van der Waals surface area contributed by atoms with Crippen molar-refractivity contribution in [3.05, 3.63) is 77.4 Å². The van der Waals surface area contributed by atoms with E-state index in [-0.39, 0.29) is 23.9 Å². The molecule has 2 heterocycles. The molecule has 0 radical (unpaired) electrons. The lowest BCUT2D eigenvalue weighted by Crippen LogP contribution is -2.41. The van der Waals surface area contributed by atoms with Crippen molar-refractivity contribution in [3.8, 4) is 0 Å². The summed E-state index contributed by atoms with van der Waals surface area (Å²) in [6, 6.07) is 18.7. The van der Waals surface area contributed by atoms with Gasteiger partial charge in [0, 0.05) is 60.1 Å². The first-order valence-electron chi connectivity index (χ1n) is 13.0. The van der Waals surface area contributed by atoms with Gasteiger partial charge in [0.1, 0.15) is 6.10 Å². The van der Waals surface area contributed by atoms with Gasteiger partial charge in [0.05, 0.1) is 5.56 Å². The van der Waals surface area contributed by atoms with Crippen molar-refractivity contribution in [1.29, 1.82) is 0 Å². The predicted molar refractivity (Wildman–Crippen MR) is 141 cm³/mol. The van der Waals surface area contributed by atoms with Crippen molar-refractivity contribution in [1.82, 2.24) is 4.90 Å². The molecule has 1 fully saturated rings. The van der Waals surface area contributed by atoms with Crippen LogP contribution in [0, 0.1) is 0 Å². The number of esters is 1. The van der Waals surface area contributed by atoms with Crippen LogP contribution in [0.4, 0.5) is 5.69 Å². The summed E-state index contributed by atoms with van der Waals surface area (Å²) in [7, 11) is 0. The molecule has 5 rings (SSSR count). The molecule has 0 saturated carbocycles. The van der Waals surface area contributed by atoms with E-state index < -0.39 is 0 Å². The summed E-state index contributed by atoms with van der Waals surface area (Å²) < 4.78 is 5.74. The topological polar surface area (TPSA) is 66.9 Å². The largest absolute Gasteiger partial charge is 0.459 e. The molecule has 0 spiro atoms. The van der Waals surface area contributed by atoms with Gasteiger partial charge in [-0.05, 0) is 36.8 Å². The molecule has 0 N–H and O–H groups in total. The lowest BCUT2D eigenvalue weighted by atomic mass is 9.92. The summed E-state index contributed by atoms with van der Waals surface area (Å²) in [5.74, 6) is -0.677. The minimum Gasteiger partial charge on any atom is -0.459 e. The maximum atomic E-state index is 13.3. The van der Waals surface area contributed by atoms with Crippen LogP contribution in [0.2, 0.25) is 0 Å². The van der Waals surface area contributed by atoms with Crippen LogP contribution in [0.3, 0.4) is 0 Å². The first kappa shape index (κ1) is 24.0. The number of piperidine rings is 1. The van der Waals surface area contributed by atoms with E-state index in [0.29, 0.717) is 23.2 Å². The fourth-order valence-electron chi connectivity index (χ4n) is 5.31. The molecule has 0 aromatic heterocycles. The Morgan fingerprint density at radius 3 is 2.31 bits per heavy atom. The first-order chi connectivity index (χ1) is 17.6. The fraction of sp³-hybridized carbons (Fsp3) is 0.367. The smallest absolute Gasteiger partial charge is 0.338 e. The van der Waals surface area contributed by atoms with Crippen LogP contribution in [-0.2, 0) is 4.74 Å². The zero-order chi connectivity index (χ0) is 25.1. The first-order valence-corrected chi connectivity index (χ1v) is 13.0. The number of hydrogen-bond acceptors (Lipinski definition) is 5. The Labute approximate surface area is 211 Å². The zero-order valence-electron chi connectivity index (χ0n) is 20.7. The van der Waals surface area contributed by atoms with Gasteiger partial charge in [-0.25, -0.2) is 4.79 Å². The molecule has 0 aliphatic carbocycles. The van der Waals surface area contributed by atoms with Crippen molar-refractivity contribution in [2.24, 2.45) is 0 Å². The van der Waals surface area contributed by atoms with E-state index in [1.807, 2.05) is 48.5 Å². The summed E-state index contributed by atoms with van der Waals surface area (Å²) in [5.41, 5.74) is 2.79. The van der Waals surface area contributed by atoms with Gasteiger partial charge in [0.25, 0.3) is 11.8 Å². The normalized spacial score (nSPS) is 16.0. The zero-order valence-corrected chi connectivity index (χ0v) is 20.7. The van der Waals surface area contributed by atoms with E-state index in [1.165, 1.54) is 4.90 Å². The average molecular weight is 485 g/mol. The van der Waals surface area contributed by atoms with Crippen LogP contribution >= 0.6 is 0 Å². The Balaban J connectivity index is 1.32. The number of hydrogen-bond donors (Lipinski definition) is 0. The second kappa shape index (κ2) is 10.5. The van der Waals surface area contributed by atoms with E-state index in [0.717, 1.165) is 68.1 Å². The number of unbranched alkanes of at least 4 members (excludes halogenated alkanes) is 3. The number of amides is 2. The van der Waals surface area contributed by atoms with Gasteiger partial charge in [0.15, 0.2) is 0 Å². The van der Waals surface area contributed by atoms with E-state index in [2.05, 4.69) is 11.8 Å². The lowest BCUT2D eigenvalue weighted by molar-refractivity contribution is 0.0245. The highest BCUT2D eigenvalue weighted by molar-refractivity contribution is 6.26. The third-order valence-corrected chi connectivity index (χ3v) is 7.27. The third-order valence-electron chi connectivity index (χ3n) is 7.27. The number of carbonyl (C=O) groups excluding carboxylic acids is 3. The molecule has 0 unspecified atom stereocenters. The Kier molecular flexibility index (Phi) is 7.03. The molecule has 2 amide bonds. The minimum absolute atomic E-state index is 0.127. The molecule has 36 heavy (non-hydrogen) atoms. The lowest BCUT2D eigenvalue weighted by Gasteiger charge is -2.35. The van der Waals surface area contributed by atoms with Crippen molar-refractivity contribution in [2.45, 2.75) is 51.6 Å².